The molecule has 7 atom stereocenters. The quantitative estimate of drug-likeness (QED) is 0.0960. The van der Waals surface area contributed by atoms with Crippen molar-refractivity contribution < 1.29 is 48.9 Å². The Balaban J connectivity index is 2.55. The Kier molecular flexibility index (Phi) is 15.5. The third-order valence-electron chi connectivity index (χ3n) is 6.97. The number of urea groups is 1. The Morgan fingerprint density at radius 2 is 1.65 bits per heavy atom. The van der Waals surface area contributed by atoms with Crippen molar-refractivity contribution in [2.75, 3.05) is 32.8 Å². The van der Waals surface area contributed by atoms with Crippen molar-refractivity contribution >= 4 is 53.1 Å². The Morgan fingerprint density at radius 1 is 0.979 bits per heavy atom. The summed E-state index contributed by atoms with van der Waals surface area (Å²) in [5, 5.41) is 45.9. The van der Waals surface area contributed by atoms with Crippen molar-refractivity contribution in [3.63, 3.8) is 0 Å². The molecule has 2 aliphatic rings. The summed E-state index contributed by atoms with van der Waals surface area (Å²) in [5.74, 6) is -6.76. The molecule has 0 unspecified atom stereocenters. The molecule has 23 heteroatoms. The fourth-order valence-electron chi connectivity index (χ4n) is 4.49. The molecule has 268 valence electrons. The number of carbonyl (C=O) groups excluding carboxylic acids is 7. The largest absolute Gasteiger partial charge is 0.394 e. The zero-order valence-corrected chi connectivity index (χ0v) is 25.8. The van der Waals surface area contributed by atoms with Crippen LogP contribution in [0.3, 0.4) is 0 Å². The number of nitrogens with zero attached hydrogens (tertiary/aromatic N) is 2. The van der Waals surface area contributed by atoms with Crippen molar-refractivity contribution in [3.8, 4) is 0 Å². The molecule has 8 amide bonds. The van der Waals surface area contributed by atoms with Crippen LogP contribution in [-0.4, -0.2) is 144 Å². The average Bonchev–Trinajstić information content (AvgIpc) is 3.02. The normalized spacial score (nSPS) is 26.7. The maximum atomic E-state index is 13.6. The summed E-state index contributed by atoms with van der Waals surface area (Å²) < 4.78 is 0. The molecule has 0 aromatic rings. The van der Waals surface area contributed by atoms with E-state index >= 15 is 0 Å². The summed E-state index contributed by atoms with van der Waals surface area (Å²) in [6.45, 7) is -3.14. The zero-order valence-electron chi connectivity index (χ0n) is 25.8. The number of hydrogen-bond acceptors (Lipinski definition) is 15. The molecule has 0 fully saturated rings. The van der Waals surface area contributed by atoms with E-state index in [2.05, 4.69) is 47.2 Å². The number of nitrogens with two attached hydrogens (primary N) is 4. The Bertz CT molecular complexity index is 1280. The third-order valence-corrected chi connectivity index (χ3v) is 6.97. The van der Waals surface area contributed by atoms with Crippen LogP contribution < -0.4 is 60.2 Å². The molecular formula is C25H43N13O10. The number of aliphatic hydroxyl groups excluding tert-OH is 3. The van der Waals surface area contributed by atoms with Crippen LogP contribution in [0.2, 0.25) is 0 Å². The van der Waals surface area contributed by atoms with Crippen LogP contribution in [-0.2, 0) is 28.8 Å². The monoisotopic (exact) mass is 685 g/mol. The molecule has 0 saturated heterocycles. The van der Waals surface area contributed by atoms with Crippen LogP contribution in [0.1, 0.15) is 25.7 Å². The highest BCUT2D eigenvalue weighted by molar-refractivity contribution is 6.42. The summed E-state index contributed by atoms with van der Waals surface area (Å²) in [7, 11) is 0. The van der Waals surface area contributed by atoms with Crippen molar-refractivity contribution in [2.24, 2.45) is 32.9 Å². The maximum Gasteiger partial charge on any atom is 0.312 e. The number of aliphatic hydroxyl groups is 3. The molecule has 0 aliphatic carbocycles. The minimum absolute atomic E-state index is 0.245. The molecule has 48 heavy (non-hydrogen) atoms. The van der Waals surface area contributed by atoms with Gasteiger partial charge in [-0.05, 0) is 19.4 Å². The van der Waals surface area contributed by atoms with E-state index in [0.717, 1.165) is 0 Å². The van der Waals surface area contributed by atoms with Gasteiger partial charge in [-0.1, -0.05) is 0 Å². The molecule has 2 aliphatic heterocycles. The first-order valence-electron chi connectivity index (χ1n) is 14.8. The van der Waals surface area contributed by atoms with E-state index in [1.54, 1.807) is 0 Å². The van der Waals surface area contributed by atoms with E-state index in [4.69, 9.17) is 22.9 Å². The van der Waals surface area contributed by atoms with E-state index in [0.29, 0.717) is 19.4 Å². The summed E-state index contributed by atoms with van der Waals surface area (Å²) in [4.78, 5) is 97.5. The van der Waals surface area contributed by atoms with Crippen molar-refractivity contribution in [1.82, 2.24) is 37.2 Å². The minimum Gasteiger partial charge on any atom is -0.394 e. The summed E-state index contributed by atoms with van der Waals surface area (Å²) >= 11 is 0. The highest BCUT2D eigenvalue weighted by atomic mass is 16.3. The van der Waals surface area contributed by atoms with Gasteiger partial charge in [-0.2, -0.15) is 0 Å². The number of guanidine groups is 1. The molecule has 0 radical (unpaired) electrons. The van der Waals surface area contributed by atoms with E-state index in [1.807, 2.05) is 0 Å². The molecule has 23 nitrogen and oxygen atoms in total. The van der Waals surface area contributed by atoms with Gasteiger partial charge in [-0.3, -0.25) is 28.8 Å². The number of nitrogens with one attached hydrogen (secondary N) is 7. The van der Waals surface area contributed by atoms with Gasteiger partial charge in [0.2, 0.25) is 23.6 Å². The number of primary amides is 1. The molecule has 0 aromatic carbocycles. The lowest BCUT2D eigenvalue weighted by Crippen LogP contribution is -2.64. The SMILES string of the molecule is NCCC[C@H](N)CC(=O)N[C@H]1CNC(=O)[C@H]([C@H]2C[C@H](O)N=C(N)N2)NC(=O)C(CNC(N)=O)=NC(=O)[C@H](CO)NC(=O)[C@H](CO)NC1=O. The number of rotatable bonds is 11. The second-order valence-electron chi connectivity index (χ2n) is 10.8. The van der Waals surface area contributed by atoms with Gasteiger partial charge in [0.05, 0.1) is 25.8 Å². The fraction of sp³-hybridized carbons (Fsp3) is 0.640. The third kappa shape index (κ3) is 12.3. The van der Waals surface area contributed by atoms with Gasteiger partial charge in [0.15, 0.2) is 12.2 Å². The standard InChI is InChI=1S/C25H43N13O10/c26-3-1-2-10(27)4-16(41)32-12-6-30-23(47)18(11-5-17(42)37-24(28)36-11)38-20(44)13(7-31-25(29)48)33-21(45)14(8-39)35-22(46)15(9-40)34-19(12)43/h10-12,14-15,17-18,39-40,42H,1-9,26-27H2,(H,30,47)(H,32,41)(H,34,43)(H,35,46)(H,38,44)(H3,28,36,37)(H3,29,31,48)/t10-,11+,12-,14-,15-,17-,18-/m0/s1. The summed E-state index contributed by atoms with van der Waals surface area (Å²) in [5.41, 5.74) is 21.5. The summed E-state index contributed by atoms with van der Waals surface area (Å²) in [6.07, 6.45) is -1.01. The number of amides is 8. The van der Waals surface area contributed by atoms with E-state index in [9.17, 15) is 48.9 Å². The molecule has 0 saturated carbocycles. The van der Waals surface area contributed by atoms with Crippen LogP contribution in [0.4, 0.5) is 4.79 Å². The Hall–Kier alpha value is -4.97. The van der Waals surface area contributed by atoms with Crippen molar-refractivity contribution in [1.29, 1.82) is 0 Å². The maximum absolute atomic E-state index is 13.6. The van der Waals surface area contributed by atoms with Crippen LogP contribution in [0.15, 0.2) is 9.98 Å². The lowest BCUT2D eigenvalue weighted by molar-refractivity contribution is -0.135. The summed E-state index contributed by atoms with van der Waals surface area (Å²) in [6, 6.07) is -9.67. The molecule has 18 N–H and O–H groups in total. The molecular weight excluding hydrogens is 642 g/mol. The first kappa shape index (κ1) is 39.2. The zero-order chi connectivity index (χ0) is 36.0. The van der Waals surface area contributed by atoms with Crippen LogP contribution in [0.25, 0.3) is 0 Å². The lowest BCUT2D eigenvalue weighted by Gasteiger charge is -2.32. The number of aliphatic imine (C=N–C) groups is 2. The van der Waals surface area contributed by atoms with Crippen molar-refractivity contribution in [3.05, 3.63) is 0 Å². The number of carbonyl (C=O) groups is 7. The molecule has 2 heterocycles. The average molecular weight is 686 g/mol. The predicted molar refractivity (Wildman–Crippen MR) is 165 cm³/mol. The van der Waals surface area contributed by atoms with Gasteiger partial charge in [-0.25, -0.2) is 14.8 Å². The van der Waals surface area contributed by atoms with Crippen LogP contribution >= 0.6 is 0 Å². The highest BCUT2D eigenvalue weighted by Gasteiger charge is 2.37. The second kappa shape index (κ2) is 19.0. The van der Waals surface area contributed by atoms with E-state index < -0.39 is 116 Å². The van der Waals surface area contributed by atoms with Gasteiger partial charge in [0, 0.05) is 25.4 Å². The highest BCUT2D eigenvalue weighted by Crippen LogP contribution is 2.10. The lowest BCUT2D eigenvalue weighted by atomic mass is 10.0. The van der Waals surface area contributed by atoms with E-state index in [-0.39, 0.29) is 18.8 Å². The van der Waals surface area contributed by atoms with Gasteiger partial charge in [0.1, 0.15) is 29.9 Å². The molecule has 0 spiro atoms. The van der Waals surface area contributed by atoms with Gasteiger partial charge < -0.3 is 75.5 Å². The van der Waals surface area contributed by atoms with Crippen LogP contribution in [0, 0.1) is 0 Å². The molecule has 0 aromatic heterocycles. The Labute approximate surface area is 273 Å². The Morgan fingerprint density at radius 3 is 2.25 bits per heavy atom. The second-order valence-corrected chi connectivity index (χ2v) is 10.8. The van der Waals surface area contributed by atoms with Gasteiger partial charge in [0.25, 0.3) is 11.8 Å². The molecule has 2 rings (SSSR count). The fourth-order valence-corrected chi connectivity index (χ4v) is 4.49. The predicted octanol–water partition coefficient (Wildman–Crippen LogP) is -8.87. The van der Waals surface area contributed by atoms with Crippen LogP contribution in [0.5, 0.6) is 0 Å². The first-order valence-corrected chi connectivity index (χ1v) is 14.8. The van der Waals surface area contributed by atoms with E-state index in [1.165, 1.54) is 0 Å². The smallest absolute Gasteiger partial charge is 0.312 e. The van der Waals surface area contributed by atoms with Gasteiger partial charge >= 0.3 is 6.03 Å². The van der Waals surface area contributed by atoms with Crippen molar-refractivity contribution in [2.45, 2.75) is 68.2 Å². The topological polar surface area (TPSA) is 393 Å². The number of hydrogen-bond donors (Lipinski definition) is 14. The first-order chi connectivity index (χ1) is 22.7. The molecule has 0 bridgehead atoms. The van der Waals surface area contributed by atoms with Gasteiger partial charge in [-0.15, -0.1) is 0 Å². The minimum atomic E-state index is -1.82.